The summed E-state index contributed by atoms with van der Waals surface area (Å²) >= 11 is 4.57. The van der Waals surface area contributed by atoms with Crippen molar-refractivity contribution in [3.63, 3.8) is 0 Å². The van der Waals surface area contributed by atoms with E-state index in [1.165, 1.54) is 17.4 Å². The molecule has 1 unspecified atom stereocenters. The first-order valence-corrected chi connectivity index (χ1v) is 12.8. The van der Waals surface area contributed by atoms with Crippen molar-refractivity contribution in [1.82, 2.24) is 4.57 Å². The minimum absolute atomic E-state index is 0.0931. The van der Waals surface area contributed by atoms with Gasteiger partial charge in [0, 0.05) is 9.77 Å². The summed E-state index contributed by atoms with van der Waals surface area (Å²) in [5, 5.41) is 2.01. The Hall–Kier alpha value is -2.68. The molecule has 0 aliphatic carbocycles. The lowest BCUT2D eigenvalue weighted by molar-refractivity contribution is -0.138. The zero-order valence-corrected chi connectivity index (χ0v) is 20.4. The summed E-state index contributed by atoms with van der Waals surface area (Å²) in [5.41, 5.74) is 2.72. The summed E-state index contributed by atoms with van der Waals surface area (Å²) in [4.78, 5) is 33.9. The molecule has 5 nitrogen and oxygen atoms in total. The Morgan fingerprint density at radius 1 is 1.28 bits per heavy atom. The molecule has 1 atom stereocenters. The first-order valence-electron chi connectivity index (χ1n) is 9.93. The van der Waals surface area contributed by atoms with Crippen LogP contribution in [0.2, 0.25) is 0 Å². The molecule has 2 aromatic heterocycles. The van der Waals surface area contributed by atoms with Crippen LogP contribution in [-0.4, -0.2) is 23.4 Å². The van der Waals surface area contributed by atoms with Crippen molar-refractivity contribution in [3.8, 4) is 0 Å². The maximum absolute atomic E-state index is 13.5. The zero-order valence-electron chi connectivity index (χ0n) is 18.0. The predicted molar refractivity (Wildman–Crippen MR) is 132 cm³/mol. The van der Waals surface area contributed by atoms with Gasteiger partial charge in [0.15, 0.2) is 4.80 Å². The summed E-state index contributed by atoms with van der Waals surface area (Å²) in [6.45, 7) is 7.51. The fourth-order valence-electron chi connectivity index (χ4n) is 3.55. The van der Waals surface area contributed by atoms with Crippen molar-refractivity contribution in [1.29, 1.82) is 0 Å². The maximum Gasteiger partial charge on any atom is 0.338 e. The van der Waals surface area contributed by atoms with Crippen LogP contribution in [0, 0.1) is 6.92 Å². The van der Waals surface area contributed by atoms with Crippen molar-refractivity contribution in [2.24, 2.45) is 4.99 Å². The number of allylic oxidation sites excluding steroid dienone is 1. The molecule has 0 amide bonds. The molecule has 1 aromatic carbocycles. The molecule has 3 aromatic rings. The number of carbonyl (C=O) groups excluding carboxylic acids is 1. The second-order valence-corrected chi connectivity index (χ2v) is 10.0. The van der Waals surface area contributed by atoms with Crippen LogP contribution in [0.25, 0.3) is 6.08 Å². The number of benzene rings is 1. The van der Waals surface area contributed by atoms with Gasteiger partial charge in [-0.3, -0.25) is 9.36 Å². The monoisotopic (exact) mass is 482 g/mol. The van der Waals surface area contributed by atoms with E-state index in [9.17, 15) is 9.59 Å². The number of thioether (sulfide) groups is 1. The van der Waals surface area contributed by atoms with E-state index in [1.54, 1.807) is 34.6 Å². The van der Waals surface area contributed by atoms with E-state index >= 15 is 0 Å². The van der Waals surface area contributed by atoms with Crippen LogP contribution in [0.5, 0.6) is 0 Å². The van der Waals surface area contributed by atoms with Gasteiger partial charge < -0.3 is 4.74 Å². The number of ether oxygens (including phenoxy) is 1. The molecule has 3 heterocycles. The van der Waals surface area contributed by atoms with Gasteiger partial charge in [-0.15, -0.1) is 23.1 Å². The highest BCUT2D eigenvalue weighted by Crippen LogP contribution is 2.31. The molecule has 1 aliphatic rings. The number of fused-ring (bicyclic) bond motifs is 1. The lowest BCUT2D eigenvalue weighted by Gasteiger charge is -2.24. The van der Waals surface area contributed by atoms with Gasteiger partial charge in [0.2, 0.25) is 0 Å². The van der Waals surface area contributed by atoms with Gasteiger partial charge in [0.05, 0.1) is 21.8 Å². The van der Waals surface area contributed by atoms with Gasteiger partial charge in [0.25, 0.3) is 5.56 Å². The standard InChI is InChI=1S/C24H22N2O3S3/c1-5-11-29-23(28)20-15(3)25-24-26(21(20)16-6-8-17(30-4)9-7-16)22(27)19(32-24)13-18-14(2)10-12-31-18/h5-10,12-13,21H,1,11H2,2-4H3. The van der Waals surface area contributed by atoms with Crippen LogP contribution in [0.4, 0.5) is 0 Å². The SMILES string of the molecule is C=CCOC(=O)C1=C(C)N=c2sc(=Cc3sccc3C)c(=O)n2C1c1ccc(SC)cc1. The van der Waals surface area contributed by atoms with Gasteiger partial charge in [-0.1, -0.05) is 36.1 Å². The third-order valence-electron chi connectivity index (χ3n) is 5.17. The van der Waals surface area contributed by atoms with E-state index < -0.39 is 12.0 Å². The average molecular weight is 483 g/mol. The number of esters is 1. The summed E-state index contributed by atoms with van der Waals surface area (Å²) in [7, 11) is 0. The van der Waals surface area contributed by atoms with E-state index in [2.05, 4.69) is 11.6 Å². The van der Waals surface area contributed by atoms with Crippen molar-refractivity contribution in [3.05, 3.63) is 95.3 Å². The third-order valence-corrected chi connectivity index (χ3v) is 7.86. The molecule has 0 saturated carbocycles. The summed E-state index contributed by atoms with van der Waals surface area (Å²) in [6, 6.07) is 9.32. The highest BCUT2D eigenvalue weighted by molar-refractivity contribution is 7.98. The highest BCUT2D eigenvalue weighted by Gasteiger charge is 2.33. The van der Waals surface area contributed by atoms with Crippen LogP contribution in [0.15, 0.2) is 74.3 Å². The Balaban J connectivity index is 1.93. The number of rotatable bonds is 6. The van der Waals surface area contributed by atoms with E-state index in [0.29, 0.717) is 20.6 Å². The van der Waals surface area contributed by atoms with Gasteiger partial charge in [0.1, 0.15) is 6.61 Å². The molecular formula is C24H22N2O3S3. The van der Waals surface area contributed by atoms with Crippen molar-refractivity contribution in [2.75, 3.05) is 12.9 Å². The molecule has 0 spiro atoms. The first-order chi connectivity index (χ1) is 15.4. The van der Waals surface area contributed by atoms with Crippen molar-refractivity contribution in [2.45, 2.75) is 24.8 Å². The lowest BCUT2D eigenvalue weighted by Crippen LogP contribution is -2.39. The Labute approximate surface area is 198 Å². The van der Waals surface area contributed by atoms with Gasteiger partial charge in [-0.25, -0.2) is 9.79 Å². The molecule has 0 radical (unpaired) electrons. The normalized spacial score (nSPS) is 16.0. The predicted octanol–water partition coefficient (Wildman–Crippen LogP) is 4.06. The topological polar surface area (TPSA) is 60.7 Å². The number of aromatic nitrogens is 1. The molecular weight excluding hydrogens is 460 g/mol. The third kappa shape index (κ3) is 4.18. The lowest BCUT2D eigenvalue weighted by atomic mass is 9.96. The smallest absolute Gasteiger partial charge is 0.338 e. The van der Waals surface area contributed by atoms with E-state index in [0.717, 1.165) is 20.9 Å². The second kappa shape index (κ2) is 9.44. The molecule has 164 valence electrons. The molecule has 4 rings (SSSR count). The summed E-state index contributed by atoms with van der Waals surface area (Å²) in [6.07, 6.45) is 5.44. The Kier molecular flexibility index (Phi) is 6.64. The number of hydrogen-bond acceptors (Lipinski definition) is 7. The molecule has 1 aliphatic heterocycles. The first kappa shape index (κ1) is 22.5. The Bertz CT molecular complexity index is 1390. The molecule has 0 bridgehead atoms. The van der Waals surface area contributed by atoms with Crippen molar-refractivity contribution >= 4 is 46.5 Å². The van der Waals surface area contributed by atoms with Crippen LogP contribution in [-0.2, 0) is 9.53 Å². The summed E-state index contributed by atoms with van der Waals surface area (Å²) < 4.78 is 7.57. The Morgan fingerprint density at radius 2 is 2.03 bits per heavy atom. The molecule has 0 saturated heterocycles. The van der Waals surface area contributed by atoms with Gasteiger partial charge in [-0.2, -0.15) is 0 Å². The summed E-state index contributed by atoms with van der Waals surface area (Å²) in [5.74, 6) is -0.492. The second-order valence-electron chi connectivity index (χ2n) is 7.21. The fraction of sp³-hybridized carbons (Fsp3) is 0.208. The van der Waals surface area contributed by atoms with Crippen molar-refractivity contribution < 1.29 is 9.53 Å². The largest absolute Gasteiger partial charge is 0.458 e. The van der Waals surface area contributed by atoms with Crippen LogP contribution < -0.4 is 14.9 Å². The molecule has 32 heavy (non-hydrogen) atoms. The maximum atomic E-state index is 13.5. The zero-order chi connectivity index (χ0) is 22.8. The molecule has 0 N–H and O–H groups in total. The highest BCUT2D eigenvalue weighted by atomic mass is 32.2. The fourth-order valence-corrected chi connectivity index (χ4v) is 5.92. The van der Waals surface area contributed by atoms with Crippen LogP contribution >= 0.6 is 34.4 Å². The number of thiazole rings is 1. The minimum Gasteiger partial charge on any atom is -0.458 e. The van der Waals surface area contributed by atoms with Gasteiger partial charge >= 0.3 is 5.97 Å². The molecule has 0 fully saturated rings. The van der Waals surface area contributed by atoms with Gasteiger partial charge in [-0.05, 0) is 60.9 Å². The van der Waals surface area contributed by atoms with E-state index in [-0.39, 0.29) is 12.2 Å². The van der Waals surface area contributed by atoms with Crippen LogP contribution in [0.1, 0.15) is 29.0 Å². The van der Waals surface area contributed by atoms with E-state index in [4.69, 9.17) is 4.74 Å². The number of nitrogens with zero attached hydrogens (tertiary/aromatic N) is 2. The number of carbonyl (C=O) groups is 1. The Morgan fingerprint density at radius 3 is 2.66 bits per heavy atom. The quantitative estimate of drug-likeness (QED) is 0.302. The number of hydrogen-bond donors (Lipinski definition) is 0. The minimum atomic E-state index is -0.606. The molecule has 8 heteroatoms. The van der Waals surface area contributed by atoms with Crippen LogP contribution in [0.3, 0.4) is 0 Å². The average Bonchev–Trinajstić information content (AvgIpc) is 3.33. The van der Waals surface area contributed by atoms with E-state index in [1.807, 2.05) is 55.0 Å². The number of aryl methyl sites for hydroxylation is 1. The number of thiophene rings is 1.